The van der Waals surface area contributed by atoms with E-state index in [0.717, 1.165) is 37.1 Å². The molecule has 110 valence electrons. The van der Waals surface area contributed by atoms with Gasteiger partial charge in [-0.2, -0.15) is 0 Å². The second kappa shape index (κ2) is 6.37. The van der Waals surface area contributed by atoms with Crippen molar-refractivity contribution in [3.05, 3.63) is 30.1 Å². The van der Waals surface area contributed by atoms with Crippen molar-refractivity contribution in [2.45, 2.75) is 45.2 Å². The van der Waals surface area contributed by atoms with Crippen LogP contribution in [0, 0.1) is 6.92 Å². The minimum atomic E-state index is -0.149. The summed E-state index contributed by atoms with van der Waals surface area (Å²) in [7, 11) is 1.93. The second-order valence-electron chi connectivity index (χ2n) is 5.44. The number of likely N-dealkylation sites (N-methyl/N-ethyl adjacent to an activating group) is 1. The summed E-state index contributed by atoms with van der Waals surface area (Å²) in [5.74, 6) is 1.06. The third kappa shape index (κ3) is 2.86. The van der Waals surface area contributed by atoms with Crippen molar-refractivity contribution in [1.29, 1.82) is 0 Å². The molecule has 0 aliphatic rings. The highest BCUT2D eigenvalue weighted by atomic mass is 16.3. The highest BCUT2D eigenvalue weighted by Gasteiger charge is 2.24. The highest BCUT2D eigenvalue weighted by molar-refractivity contribution is 5.75. The Bertz CT molecular complexity index is 550. The van der Waals surface area contributed by atoms with Crippen LogP contribution in [0.5, 0.6) is 0 Å². The van der Waals surface area contributed by atoms with Gasteiger partial charge in [-0.1, -0.05) is 19.1 Å². The predicted molar refractivity (Wildman–Crippen MR) is 82.9 cm³/mol. The first kappa shape index (κ1) is 15.0. The molecule has 0 radical (unpaired) electrons. The van der Waals surface area contributed by atoms with Gasteiger partial charge in [-0.25, -0.2) is 4.98 Å². The van der Waals surface area contributed by atoms with Crippen molar-refractivity contribution in [3.8, 4) is 0 Å². The Hall–Kier alpha value is -1.39. The average molecular weight is 275 g/mol. The van der Waals surface area contributed by atoms with Crippen molar-refractivity contribution in [1.82, 2.24) is 14.9 Å². The van der Waals surface area contributed by atoms with E-state index in [1.165, 1.54) is 5.52 Å². The van der Waals surface area contributed by atoms with Crippen molar-refractivity contribution in [2.75, 3.05) is 13.7 Å². The molecule has 1 unspecified atom stereocenters. The summed E-state index contributed by atoms with van der Waals surface area (Å²) in [6.45, 7) is 5.29. The van der Waals surface area contributed by atoms with Crippen LogP contribution in [-0.4, -0.2) is 33.9 Å². The molecule has 0 saturated heterocycles. The number of hydrogen-bond donors (Lipinski definition) is 2. The summed E-state index contributed by atoms with van der Waals surface area (Å²) in [5, 5.41) is 12.9. The molecule has 0 spiro atoms. The Labute approximate surface area is 120 Å². The van der Waals surface area contributed by atoms with Crippen LogP contribution in [0.15, 0.2) is 24.3 Å². The van der Waals surface area contributed by atoms with Crippen molar-refractivity contribution in [2.24, 2.45) is 0 Å². The second-order valence-corrected chi connectivity index (χ2v) is 5.44. The minimum Gasteiger partial charge on any atom is -0.394 e. The molecule has 1 heterocycles. The molecule has 1 aromatic heterocycles. The number of hydrogen-bond acceptors (Lipinski definition) is 3. The molecule has 2 N–H and O–H groups in total. The van der Waals surface area contributed by atoms with Crippen molar-refractivity contribution < 1.29 is 5.11 Å². The predicted octanol–water partition coefficient (Wildman–Crippen LogP) is 2.49. The molecule has 2 rings (SSSR count). The van der Waals surface area contributed by atoms with Gasteiger partial charge in [0.05, 0.1) is 17.6 Å². The van der Waals surface area contributed by atoms with Crippen LogP contribution in [0.1, 0.15) is 32.0 Å². The smallest absolute Gasteiger partial charge is 0.106 e. The van der Waals surface area contributed by atoms with E-state index in [2.05, 4.69) is 46.9 Å². The zero-order valence-electron chi connectivity index (χ0n) is 12.7. The molecule has 0 fully saturated rings. The van der Waals surface area contributed by atoms with E-state index in [1.807, 2.05) is 13.1 Å². The molecule has 4 nitrogen and oxygen atoms in total. The van der Waals surface area contributed by atoms with Crippen LogP contribution in [0.2, 0.25) is 0 Å². The van der Waals surface area contributed by atoms with Gasteiger partial charge in [0.15, 0.2) is 0 Å². The topological polar surface area (TPSA) is 50.1 Å². The van der Waals surface area contributed by atoms with Crippen LogP contribution in [-0.2, 0) is 6.54 Å². The lowest BCUT2D eigenvalue weighted by molar-refractivity contribution is 0.151. The number of para-hydroxylation sites is 2. The fourth-order valence-electron chi connectivity index (χ4n) is 2.80. The quantitative estimate of drug-likeness (QED) is 0.816. The number of fused-ring (bicyclic) bond motifs is 1. The first-order valence-corrected chi connectivity index (χ1v) is 7.37. The Morgan fingerprint density at radius 1 is 1.35 bits per heavy atom. The first-order valence-electron chi connectivity index (χ1n) is 7.37. The summed E-state index contributed by atoms with van der Waals surface area (Å²) < 4.78 is 2.27. The van der Waals surface area contributed by atoms with Crippen LogP contribution in [0.3, 0.4) is 0 Å². The van der Waals surface area contributed by atoms with E-state index in [0.29, 0.717) is 0 Å². The summed E-state index contributed by atoms with van der Waals surface area (Å²) in [4.78, 5) is 4.59. The standard InChI is InChI=1S/C16H25N3O/c1-4-16(12-20,17-3)10-7-11-19-13(2)18-14-8-5-6-9-15(14)19/h5-6,8-9,17,20H,4,7,10-12H2,1-3H3. The normalized spacial score (nSPS) is 14.6. The molecule has 2 aromatic rings. The van der Waals surface area contributed by atoms with Gasteiger partial charge in [0.2, 0.25) is 0 Å². The van der Waals surface area contributed by atoms with Crippen LogP contribution < -0.4 is 5.32 Å². The molecule has 4 heteroatoms. The minimum absolute atomic E-state index is 0.149. The van der Waals surface area contributed by atoms with E-state index in [9.17, 15) is 5.11 Å². The Morgan fingerprint density at radius 3 is 2.75 bits per heavy atom. The average Bonchev–Trinajstić information content (AvgIpc) is 2.80. The summed E-state index contributed by atoms with van der Waals surface area (Å²) in [5.41, 5.74) is 2.10. The van der Waals surface area contributed by atoms with E-state index in [4.69, 9.17) is 0 Å². The van der Waals surface area contributed by atoms with Crippen molar-refractivity contribution >= 4 is 11.0 Å². The third-order valence-corrected chi connectivity index (χ3v) is 4.39. The van der Waals surface area contributed by atoms with Gasteiger partial charge in [0, 0.05) is 12.1 Å². The summed E-state index contributed by atoms with van der Waals surface area (Å²) in [6.07, 6.45) is 2.92. The van der Waals surface area contributed by atoms with Gasteiger partial charge in [-0.15, -0.1) is 0 Å². The van der Waals surface area contributed by atoms with Gasteiger partial charge in [-0.05, 0) is 45.4 Å². The monoisotopic (exact) mass is 275 g/mol. The maximum Gasteiger partial charge on any atom is 0.106 e. The SMILES string of the molecule is CCC(CO)(CCCn1c(C)nc2ccccc21)NC. The van der Waals surface area contributed by atoms with Crippen LogP contribution >= 0.6 is 0 Å². The van der Waals surface area contributed by atoms with Crippen LogP contribution in [0.4, 0.5) is 0 Å². The number of aryl methyl sites for hydroxylation is 2. The number of imidazole rings is 1. The molecule has 1 aromatic carbocycles. The van der Waals surface area contributed by atoms with Gasteiger partial charge >= 0.3 is 0 Å². The molecular formula is C16H25N3O. The van der Waals surface area contributed by atoms with E-state index in [-0.39, 0.29) is 12.1 Å². The number of nitrogens with one attached hydrogen (secondary N) is 1. The number of aliphatic hydroxyl groups is 1. The van der Waals surface area contributed by atoms with Gasteiger partial charge in [-0.3, -0.25) is 0 Å². The maximum atomic E-state index is 9.58. The first-order chi connectivity index (χ1) is 9.65. The Morgan fingerprint density at radius 2 is 2.10 bits per heavy atom. The van der Waals surface area contributed by atoms with Crippen LogP contribution in [0.25, 0.3) is 11.0 Å². The molecule has 0 saturated carbocycles. The molecule has 1 atom stereocenters. The lowest BCUT2D eigenvalue weighted by atomic mass is 9.91. The zero-order chi connectivity index (χ0) is 14.6. The molecule has 0 amide bonds. The molecule has 0 aliphatic carbocycles. The summed E-state index contributed by atoms with van der Waals surface area (Å²) >= 11 is 0. The van der Waals surface area contributed by atoms with Gasteiger partial charge in [0.1, 0.15) is 5.82 Å². The Kier molecular flexibility index (Phi) is 4.78. The van der Waals surface area contributed by atoms with Gasteiger partial charge < -0.3 is 15.0 Å². The molecule has 20 heavy (non-hydrogen) atoms. The summed E-state index contributed by atoms with van der Waals surface area (Å²) in [6, 6.07) is 8.24. The van der Waals surface area contributed by atoms with E-state index >= 15 is 0 Å². The number of aliphatic hydroxyl groups excluding tert-OH is 1. The number of rotatable bonds is 7. The zero-order valence-corrected chi connectivity index (χ0v) is 12.7. The lowest BCUT2D eigenvalue weighted by Gasteiger charge is -2.30. The van der Waals surface area contributed by atoms with E-state index in [1.54, 1.807) is 0 Å². The molecule has 0 bridgehead atoms. The van der Waals surface area contributed by atoms with Gasteiger partial charge in [0.25, 0.3) is 0 Å². The largest absolute Gasteiger partial charge is 0.394 e. The van der Waals surface area contributed by atoms with E-state index < -0.39 is 0 Å². The molecule has 0 aliphatic heterocycles. The fraction of sp³-hybridized carbons (Fsp3) is 0.562. The molecular weight excluding hydrogens is 250 g/mol. The number of nitrogens with zero attached hydrogens (tertiary/aromatic N) is 2. The number of aromatic nitrogens is 2. The Balaban J connectivity index is 2.08. The lowest BCUT2D eigenvalue weighted by Crippen LogP contribution is -2.46. The fourth-order valence-corrected chi connectivity index (χ4v) is 2.80. The number of benzene rings is 1. The van der Waals surface area contributed by atoms with Crippen molar-refractivity contribution in [3.63, 3.8) is 0 Å². The highest BCUT2D eigenvalue weighted by Crippen LogP contribution is 2.20. The maximum absolute atomic E-state index is 9.58. The third-order valence-electron chi connectivity index (χ3n) is 4.39.